The first-order valence-corrected chi connectivity index (χ1v) is 9.04. The van der Waals surface area contributed by atoms with Gasteiger partial charge in [0.1, 0.15) is 34.9 Å². The molecular weight excluding hydrogens is 442 g/mol. The number of carbonyl (C=O) groups excluding carboxylic acids is 1. The zero-order valence-corrected chi connectivity index (χ0v) is 16.3. The normalized spacial score (nSPS) is 10.7. The van der Waals surface area contributed by atoms with E-state index in [1.54, 1.807) is 0 Å². The number of primary amides is 1. The third-order valence-electron chi connectivity index (χ3n) is 4.22. The van der Waals surface area contributed by atoms with Crippen LogP contribution in [-0.4, -0.2) is 11.0 Å². The van der Waals surface area contributed by atoms with Crippen LogP contribution in [-0.2, 0) is 13.2 Å². The molecule has 6 nitrogen and oxygen atoms in total. The summed E-state index contributed by atoms with van der Waals surface area (Å²) >= 11 is 5.97. The van der Waals surface area contributed by atoms with E-state index < -0.39 is 57.8 Å². The standard InChI is InChI=1S/C20H14ClF4N3O3/c21-17-18(31-8-10-1-2-11(22)5-13(10)23)12(7-27-19(17)29)16-14(24)3-9(4-15(16)25)6-28-20(26)30/h1-5,7H,6,8H2,(H,27,29)(H3,26,28,30). The molecule has 1 heterocycles. The zero-order valence-electron chi connectivity index (χ0n) is 15.6. The van der Waals surface area contributed by atoms with Crippen molar-refractivity contribution >= 4 is 17.6 Å². The molecule has 0 aliphatic heterocycles. The van der Waals surface area contributed by atoms with Crippen LogP contribution in [0.2, 0.25) is 5.02 Å². The summed E-state index contributed by atoms with van der Waals surface area (Å²) < 4.78 is 61.8. The number of halogens is 5. The molecule has 4 N–H and O–H groups in total. The van der Waals surface area contributed by atoms with Crippen LogP contribution in [0.15, 0.2) is 41.3 Å². The predicted octanol–water partition coefficient (Wildman–Crippen LogP) is 4.00. The van der Waals surface area contributed by atoms with Crippen molar-refractivity contribution < 1.29 is 27.1 Å². The molecule has 0 aliphatic carbocycles. The van der Waals surface area contributed by atoms with E-state index in [1.807, 2.05) is 0 Å². The Hall–Kier alpha value is -3.53. The van der Waals surface area contributed by atoms with Crippen LogP contribution >= 0.6 is 11.6 Å². The fourth-order valence-electron chi connectivity index (χ4n) is 2.78. The molecule has 0 radical (unpaired) electrons. The molecule has 0 aliphatic rings. The Morgan fingerprint density at radius 3 is 2.39 bits per heavy atom. The average molecular weight is 456 g/mol. The van der Waals surface area contributed by atoms with E-state index in [-0.39, 0.29) is 23.2 Å². The fraction of sp³-hybridized carbons (Fsp3) is 0.100. The molecule has 162 valence electrons. The third kappa shape index (κ3) is 4.97. The summed E-state index contributed by atoms with van der Waals surface area (Å²) in [6.45, 7) is -0.713. The minimum Gasteiger partial charge on any atom is -0.486 e. The summed E-state index contributed by atoms with van der Waals surface area (Å²) in [6.07, 6.45) is 0.993. The van der Waals surface area contributed by atoms with Crippen LogP contribution in [0, 0.1) is 23.3 Å². The van der Waals surface area contributed by atoms with E-state index in [0.29, 0.717) is 6.07 Å². The van der Waals surface area contributed by atoms with E-state index in [4.69, 9.17) is 22.1 Å². The molecule has 0 unspecified atom stereocenters. The number of nitrogens with two attached hydrogens (primary N) is 1. The van der Waals surface area contributed by atoms with Gasteiger partial charge in [-0.2, -0.15) is 0 Å². The van der Waals surface area contributed by atoms with Crippen molar-refractivity contribution in [3.05, 3.63) is 86.3 Å². The highest BCUT2D eigenvalue weighted by Gasteiger charge is 2.22. The van der Waals surface area contributed by atoms with E-state index in [2.05, 4.69) is 10.3 Å². The maximum atomic E-state index is 14.7. The maximum absolute atomic E-state index is 14.7. The summed E-state index contributed by atoms with van der Waals surface area (Å²) in [5.74, 6) is -4.18. The molecule has 2 amide bonds. The fourth-order valence-corrected chi connectivity index (χ4v) is 2.99. The van der Waals surface area contributed by atoms with Crippen LogP contribution in [0.5, 0.6) is 5.75 Å². The largest absolute Gasteiger partial charge is 0.486 e. The molecule has 0 bridgehead atoms. The number of pyridine rings is 1. The lowest BCUT2D eigenvalue weighted by Crippen LogP contribution is -2.28. The van der Waals surface area contributed by atoms with Crippen molar-refractivity contribution in [2.75, 3.05) is 0 Å². The molecule has 0 spiro atoms. The quantitative estimate of drug-likeness (QED) is 0.490. The second-order valence-corrected chi connectivity index (χ2v) is 6.73. The number of amides is 2. The third-order valence-corrected chi connectivity index (χ3v) is 4.56. The molecule has 11 heteroatoms. The Bertz CT molecular complexity index is 1190. The highest BCUT2D eigenvalue weighted by Crippen LogP contribution is 2.37. The van der Waals surface area contributed by atoms with Gasteiger partial charge in [0.15, 0.2) is 5.75 Å². The van der Waals surface area contributed by atoms with Crippen LogP contribution in [0.25, 0.3) is 11.1 Å². The van der Waals surface area contributed by atoms with E-state index >= 15 is 0 Å². The summed E-state index contributed by atoms with van der Waals surface area (Å²) in [6, 6.07) is 3.79. The number of carbonyl (C=O) groups is 1. The van der Waals surface area contributed by atoms with Crippen LogP contribution in [0.1, 0.15) is 11.1 Å². The van der Waals surface area contributed by atoms with Gasteiger partial charge in [-0.25, -0.2) is 22.4 Å². The molecule has 1 aromatic heterocycles. The van der Waals surface area contributed by atoms with Crippen LogP contribution in [0.3, 0.4) is 0 Å². The first-order chi connectivity index (χ1) is 14.7. The van der Waals surface area contributed by atoms with Gasteiger partial charge in [0, 0.05) is 29.9 Å². The Labute approximate surface area is 177 Å². The van der Waals surface area contributed by atoms with Gasteiger partial charge in [0.25, 0.3) is 5.56 Å². The van der Waals surface area contributed by atoms with E-state index in [0.717, 1.165) is 30.5 Å². The van der Waals surface area contributed by atoms with Crippen molar-refractivity contribution in [1.29, 1.82) is 0 Å². The van der Waals surface area contributed by atoms with E-state index in [9.17, 15) is 27.2 Å². The zero-order chi connectivity index (χ0) is 22.7. The van der Waals surface area contributed by atoms with Crippen molar-refractivity contribution in [2.45, 2.75) is 13.2 Å². The highest BCUT2D eigenvalue weighted by molar-refractivity contribution is 6.32. The lowest BCUT2D eigenvalue weighted by atomic mass is 10.0. The number of aromatic nitrogens is 1. The van der Waals surface area contributed by atoms with Gasteiger partial charge >= 0.3 is 6.03 Å². The van der Waals surface area contributed by atoms with Crippen molar-refractivity contribution in [3.8, 4) is 16.9 Å². The lowest BCUT2D eigenvalue weighted by molar-refractivity contribution is 0.248. The number of hydrogen-bond acceptors (Lipinski definition) is 3. The molecule has 3 rings (SSSR count). The second kappa shape index (κ2) is 9.09. The van der Waals surface area contributed by atoms with Gasteiger partial charge < -0.3 is 20.8 Å². The number of hydrogen-bond donors (Lipinski definition) is 3. The van der Waals surface area contributed by atoms with Crippen molar-refractivity contribution in [1.82, 2.24) is 10.3 Å². The first-order valence-electron chi connectivity index (χ1n) is 8.67. The number of urea groups is 1. The van der Waals surface area contributed by atoms with Gasteiger partial charge in [-0.3, -0.25) is 4.79 Å². The summed E-state index contributed by atoms with van der Waals surface area (Å²) in [5, 5.41) is 1.69. The minimum absolute atomic E-state index is 0.0717. The first kappa shape index (κ1) is 22.2. The molecule has 0 atom stereocenters. The highest BCUT2D eigenvalue weighted by atomic mass is 35.5. The second-order valence-electron chi connectivity index (χ2n) is 6.35. The molecule has 0 saturated heterocycles. The predicted molar refractivity (Wildman–Crippen MR) is 105 cm³/mol. The Morgan fingerprint density at radius 2 is 1.77 bits per heavy atom. The van der Waals surface area contributed by atoms with Crippen LogP contribution < -0.4 is 21.3 Å². The number of benzene rings is 2. The molecule has 2 aromatic carbocycles. The molecule has 0 fully saturated rings. The van der Waals surface area contributed by atoms with Gasteiger partial charge in [-0.15, -0.1) is 0 Å². The van der Waals surface area contributed by atoms with Gasteiger partial charge in [0.05, 0.1) is 5.56 Å². The Balaban J connectivity index is 2.01. The summed E-state index contributed by atoms with van der Waals surface area (Å²) in [7, 11) is 0. The monoisotopic (exact) mass is 455 g/mol. The number of rotatable bonds is 6. The number of H-pyrrole nitrogens is 1. The van der Waals surface area contributed by atoms with Gasteiger partial charge in [0.2, 0.25) is 0 Å². The molecule has 3 aromatic rings. The number of nitrogens with one attached hydrogen (secondary N) is 2. The molecular formula is C20H14ClF4N3O3. The summed E-state index contributed by atoms with van der Waals surface area (Å²) in [4.78, 5) is 24.9. The van der Waals surface area contributed by atoms with Gasteiger partial charge in [-0.1, -0.05) is 11.6 Å². The lowest BCUT2D eigenvalue weighted by Gasteiger charge is -2.15. The van der Waals surface area contributed by atoms with Crippen molar-refractivity contribution in [2.24, 2.45) is 5.73 Å². The number of ether oxygens (including phenoxy) is 1. The Morgan fingerprint density at radius 1 is 1.10 bits per heavy atom. The smallest absolute Gasteiger partial charge is 0.312 e. The molecule has 31 heavy (non-hydrogen) atoms. The Kier molecular flexibility index (Phi) is 6.50. The summed E-state index contributed by atoms with van der Waals surface area (Å²) in [5.41, 5.74) is 3.34. The average Bonchev–Trinajstić information content (AvgIpc) is 2.69. The minimum atomic E-state index is -1.04. The number of aromatic amines is 1. The van der Waals surface area contributed by atoms with Crippen molar-refractivity contribution in [3.63, 3.8) is 0 Å². The van der Waals surface area contributed by atoms with Gasteiger partial charge in [-0.05, 0) is 29.8 Å². The topological polar surface area (TPSA) is 97.2 Å². The molecule has 0 saturated carbocycles. The van der Waals surface area contributed by atoms with E-state index in [1.165, 1.54) is 0 Å². The maximum Gasteiger partial charge on any atom is 0.312 e. The van der Waals surface area contributed by atoms with Crippen LogP contribution in [0.4, 0.5) is 22.4 Å². The SMILES string of the molecule is NC(=O)NCc1cc(F)c(-c2c[nH]c(=O)c(Cl)c2OCc2ccc(F)cc2F)c(F)c1.